The third kappa shape index (κ3) is 3.95. The summed E-state index contributed by atoms with van der Waals surface area (Å²) in [4.78, 5) is 39.0. The molecule has 2 aliphatic heterocycles. The molecule has 132 valence electrons. The topological polar surface area (TPSA) is 131 Å². The highest BCUT2D eigenvalue weighted by Gasteiger charge is 2.53. The summed E-state index contributed by atoms with van der Waals surface area (Å²) in [5, 5.41) is 3.68. The van der Waals surface area contributed by atoms with Crippen LogP contribution in [0.2, 0.25) is 0 Å². The molecule has 2 rings (SSSR count). The molecule has 2 heterocycles. The number of esters is 3. The zero-order chi connectivity index (χ0) is 17.9. The van der Waals surface area contributed by atoms with Crippen LogP contribution in [0.5, 0.6) is 0 Å². The Labute approximate surface area is 138 Å². The van der Waals surface area contributed by atoms with E-state index in [-0.39, 0.29) is 0 Å². The first-order chi connectivity index (χ1) is 11.3. The van der Waals surface area contributed by atoms with Gasteiger partial charge in [0.1, 0.15) is 12.2 Å². The summed E-state index contributed by atoms with van der Waals surface area (Å²) >= 11 is 0. The SMILES string of the molecule is CC(=O)OC1CCN2CC(N=[N+]=[N-])C(OC(C)=O)C(OC(C)=O)C12. The third-order valence-corrected chi connectivity index (χ3v) is 4.09. The van der Waals surface area contributed by atoms with E-state index in [1.54, 1.807) is 0 Å². The Morgan fingerprint density at radius 1 is 1.04 bits per heavy atom. The molecule has 10 nitrogen and oxygen atoms in total. The van der Waals surface area contributed by atoms with E-state index in [9.17, 15) is 14.4 Å². The minimum atomic E-state index is -0.931. The molecule has 0 aromatic heterocycles. The standard InChI is InChI=1S/C14H20N4O6/c1-7(19)22-11-4-5-18-6-10(16-17-15)13(23-8(2)20)14(12(11)18)24-9(3)21/h10-14H,4-6H2,1-3H3. The van der Waals surface area contributed by atoms with Gasteiger partial charge in [0.05, 0.1) is 12.1 Å². The number of azide groups is 1. The van der Waals surface area contributed by atoms with Gasteiger partial charge in [-0.05, 0) is 12.0 Å². The van der Waals surface area contributed by atoms with Crippen LogP contribution in [-0.2, 0) is 28.6 Å². The highest BCUT2D eigenvalue weighted by Crippen LogP contribution is 2.34. The summed E-state index contributed by atoms with van der Waals surface area (Å²) in [5.74, 6) is -1.58. The number of hydrogen-bond donors (Lipinski definition) is 0. The van der Waals surface area contributed by atoms with Gasteiger partial charge in [0.25, 0.3) is 0 Å². The molecule has 2 fully saturated rings. The zero-order valence-corrected chi connectivity index (χ0v) is 13.7. The van der Waals surface area contributed by atoms with Gasteiger partial charge in [-0.2, -0.15) is 0 Å². The molecule has 0 amide bonds. The van der Waals surface area contributed by atoms with Gasteiger partial charge >= 0.3 is 17.9 Å². The maximum atomic E-state index is 11.5. The number of fused-ring (bicyclic) bond motifs is 1. The highest BCUT2D eigenvalue weighted by atomic mass is 16.6. The largest absolute Gasteiger partial charge is 0.461 e. The van der Waals surface area contributed by atoms with Crippen LogP contribution in [0.15, 0.2) is 5.11 Å². The number of nitrogens with zero attached hydrogens (tertiary/aromatic N) is 4. The summed E-state index contributed by atoms with van der Waals surface area (Å²) in [6, 6.07) is -1.15. The molecular weight excluding hydrogens is 320 g/mol. The van der Waals surface area contributed by atoms with Crippen molar-refractivity contribution < 1.29 is 28.6 Å². The first-order valence-corrected chi connectivity index (χ1v) is 7.63. The van der Waals surface area contributed by atoms with Crippen LogP contribution < -0.4 is 0 Å². The van der Waals surface area contributed by atoms with E-state index in [2.05, 4.69) is 10.0 Å². The van der Waals surface area contributed by atoms with Crippen molar-refractivity contribution in [2.75, 3.05) is 13.1 Å². The van der Waals surface area contributed by atoms with Crippen LogP contribution >= 0.6 is 0 Å². The van der Waals surface area contributed by atoms with Crippen molar-refractivity contribution >= 4 is 17.9 Å². The number of rotatable bonds is 4. The van der Waals surface area contributed by atoms with Crippen molar-refractivity contribution in [1.82, 2.24) is 4.90 Å². The molecule has 2 saturated heterocycles. The van der Waals surface area contributed by atoms with E-state index < -0.39 is 48.3 Å². The van der Waals surface area contributed by atoms with E-state index in [1.165, 1.54) is 20.8 Å². The first-order valence-electron chi connectivity index (χ1n) is 7.63. The molecular formula is C14H20N4O6. The van der Waals surface area contributed by atoms with Gasteiger partial charge in [0.15, 0.2) is 6.10 Å². The summed E-state index contributed by atoms with van der Waals surface area (Å²) < 4.78 is 16.0. The van der Waals surface area contributed by atoms with Crippen LogP contribution in [0.3, 0.4) is 0 Å². The fourth-order valence-corrected chi connectivity index (χ4v) is 3.41. The minimum absolute atomic E-state index is 0.322. The molecule has 0 saturated carbocycles. The number of carbonyl (C=O) groups excluding carboxylic acids is 3. The van der Waals surface area contributed by atoms with Gasteiger partial charge in [-0.25, -0.2) is 0 Å². The van der Waals surface area contributed by atoms with Gasteiger partial charge < -0.3 is 14.2 Å². The Kier molecular flexibility index (Phi) is 5.63. The summed E-state index contributed by atoms with van der Waals surface area (Å²) in [5.41, 5.74) is 8.77. The molecule has 0 aromatic carbocycles. The molecule has 0 N–H and O–H groups in total. The van der Waals surface area contributed by atoms with Crippen molar-refractivity contribution in [2.45, 2.75) is 57.6 Å². The molecule has 24 heavy (non-hydrogen) atoms. The van der Waals surface area contributed by atoms with Crippen LogP contribution in [-0.4, -0.2) is 66.3 Å². The molecule has 2 aliphatic rings. The lowest BCUT2D eigenvalue weighted by molar-refractivity contribution is -0.185. The lowest BCUT2D eigenvalue weighted by Crippen LogP contribution is -2.63. The number of hydrogen-bond acceptors (Lipinski definition) is 8. The van der Waals surface area contributed by atoms with E-state index in [4.69, 9.17) is 19.7 Å². The Balaban J connectivity index is 2.36. The Hall–Kier alpha value is -2.32. The molecule has 0 spiro atoms. The lowest BCUT2D eigenvalue weighted by Gasteiger charge is -2.44. The number of ether oxygens (including phenoxy) is 3. The predicted octanol–water partition coefficient (Wildman–Crippen LogP) is 0.548. The molecule has 5 atom stereocenters. The lowest BCUT2D eigenvalue weighted by atomic mass is 9.91. The number of piperidine rings is 1. The van der Waals surface area contributed by atoms with Crippen molar-refractivity contribution in [3.05, 3.63) is 10.4 Å². The van der Waals surface area contributed by atoms with Crippen molar-refractivity contribution in [2.24, 2.45) is 5.11 Å². The van der Waals surface area contributed by atoms with Gasteiger partial charge in [0, 0.05) is 38.8 Å². The van der Waals surface area contributed by atoms with E-state index in [0.29, 0.717) is 19.5 Å². The third-order valence-electron chi connectivity index (χ3n) is 4.09. The molecule has 0 aromatic rings. The minimum Gasteiger partial charge on any atom is -0.461 e. The molecule has 5 unspecified atom stereocenters. The quantitative estimate of drug-likeness (QED) is 0.240. The van der Waals surface area contributed by atoms with Crippen LogP contribution in [0, 0.1) is 0 Å². The van der Waals surface area contributed by atoms with Crippen LogP contribution in [0.25, 0.3) is 10.4 Å². The van der Waals surface area contributed by atoms with Crippen molar-refractivity contribution in [3.63, 3.8) is 0 Å². The zero-order valence-electron chi connectivity index (χ0n) is 13.7. The molecule has 10 heteroatoms. The summed E-state index contributed by atoms with van der Waals surface area (Å²) in [7, 11) is 0. The van der Waals surface area contributed by atoms with E-state index in [0.717, 1.165) is 0 Å². The highest BCUT2D eigenvalue weighted by molar-refractivity contribution is 5.68. The van der Waals surface area contributed by atoms with Crippen LogP contribution in [0.1, 0.15) is 27.2 Å². The van der Waals surface area contributed by atoms with Crippen molar-refractivity contribution in [1.29, 1.82) is 0 Å². The van der Waals surface area contributed by atoms with E-state index >= 15 is 0 Å². The van der Waals surface area contributed by atoms with Crippen molar-refractivity contribution in [3.8, 4) is 0 Å². The maximum Gasteiger partial charge on any atom is 0.303 e. The predicted molar refractivity (Wildman–Crippen MR) is 79.6 cm³/mol. The Morgan fingerprint density at radius 3 is 2.17 bits per heavy atom. The van der Waals surface area contributed by atoms with Gasteiger partial charge in [-0.3, -0.25) is 19.3 Å². The van der Waals surface area contributed by atoms with E-state index in [1.807, 2.05) is 4.90 Å². The van der Waals surface area contributed by atoms with Gasteiger partial charge in [0.2, 0.25) is 0 Å². The fraction of sp³-hybridized carbons (Fsp3) is 0.786. The van der Waals surface area contributed by atoms with Crippen LogP contribution in [0.4, 0.5) is 0 Å². The van der Waals surface area contributed by atoms with Gasteiger partial charge in [-0.1, -0.05) is 5.11 Å². The number of carbonyl (C=O) groups is 3. The molecule has 0 radical (unpaired) electrons. The molecule has 0 bridgehead atoms. The summed E-state index contributed by atoms with van der Waals surface area (Å²) in [6.45, 7) is 4.68. The van der Waals surface area contributed by atoms with Gasteiger partial charge in [-0.15, -0.1) is 0 Å². The second kappa shape index (κ2) is 7.50. The monoisotopic (exact) mass is 340 g/mol. The second-order valence-electron chi connectivity index (χ2n) is 5.84. The normalized spacial score (nSPS) is 32.2. The average Bonchev–Trinajstić information content (AvgIpc) is 2.83. The fourth-order valence-electron chi connectivity index (χ4n) is 3.41. The summed E-state index contributed by atoms with van der Waals surface area (Å²) in [6.07, 6.45) is -1.75. The Morgan fingerprint density at radius 2 is 1.62 bits per heavy atom. The molecule has 0 aliphatic carbocycles. The first kappa shape index (κ1) is 18.0. The smallest absolute Gasteiger partial charge is 0.303 e. The second-order valence-corrected chi connectivity index (χ2v) is 5.84. The Bertz CT molecular complexity index is 576. The maximum absolute atomic E-state index is 11.5. The average molecular weight is 340 g/mol.